The summed E-state index contributed by atoms with van der Waals surface area (Å²) in [7, 11) is 1.20. The maximum atomic E-state index is 13.9. The molecular weight excluding hydrogens is 282 g/mol. The Kier molecular flexibility index (Phi) is 2.93. The van der Waals surface area contributed by atoms with Crippen molar-refractivity contribution in [1.82, 2.24) is 4.57 Å². The Bertz CT molecular complexity index is 825. The molecule has 1 aromatic carbocycles. The van der Waals surface area contributed by atoms with E-state index >= 15 is 0 Å². The standard InChI is InChI=1S/C14H12F2N2O3/c1-21-13-10(16)9(15)4-7-11(13)18(6-2-3-6)5-8(12(7)19)14(17)20/h4-6H,2-3H2,1H3,(H2,17,20). The number of halogens is 2. The number of hydrogen-bond acceptors (Lipinski definition) is 3. The molecule has 7 heteroatoms. The highest BCUT2D eigenvalue weighted by Crippen LogP contribution is 2.40. The summed E-state index contributed by atoms with van der Waals surface area (Å²) in [5.41, 5.74) is 4.35. The lowest BCUT2D eigenvalue weighted by atomic mass is 10.1. The van der Waals surface area contributed by atoms with Gasteiger partial charge < -0.3 is 15.0 Å². The van der Waals surface area contributed by atoms with E-state index < -0.39 is 23.0 Å². The van der Waals surface area contributed by atoms with Gasteiger partial charge in [-0.2, -0.15) is 4.39 Å². The van der Waals surface area contributed by atoms with Crippen LogP contribution in [0.2, 0.25) is 0 Å². The van der Waals surface area contributed by atoms with Crippen molar-refractivity contribution in [2.45, 2.75) is 18.9 Å². The number of amides is 1. The number of aromatic nitrogens is 1. The highest BCUT2D eigenvalue weighted by atomic mass is 19.2. The minimum atomic E-state index is -1.21. The SMILES string of the molecule is COc1c(F)c(F)cc2c(=O)c(C(N)=O)cn(C3CC3)c12. The molecule has 1 amide bonds. The molecule has 2 N–H and O–H groups in total. The zero-order chi connectivity index (χ0) is 15.3. The Morgan fingerprint density at radius 3 is 2.62 bits per heavy atom. The minimum absolute atomic E-state index is 0.0185. The number of nitrogens with two attached hydrogens (primary N) is 1. The summed E-state index contributed by atoms with van der Waals surface area (Å²) in [4.78, 5) is 23.6. The topological polar surface area (TPSA) is 74.3 Å². The van der Waals surface area contributed by atoms with Crippen LogP contribution in [0, 0.1) is 11.6 Å². The third-order valence-corrected chi connectivity index (χ3v) is 3.58. The molecule has 1 aliphatic carbocycles. The van der Waals surface area contributed by atoms with E-state index in [4.69, 9.17) is 10.5 Å². The van der Waals surface area contributed by atoms with Gasteiger partial charge >= 0.3 is 0 Å². The van der Waals surface area contributed by atoms with Crippen molar-refractivity contribution in [2.75, 3.05) is 7.11 Å². The first kappa shape index (κ1) is 13.5. The van der Waals surface area contributed by atoms with E-state index in [1.165, 1.54) is 13.3 Å². The number of carbonyl (C=O) groups excluding carboxylic acids is 1. The fraction of sp³-hybridized carbons (Fsp3) is 0.286. The quantitative estimate of drug-likeness (QED) is 0.936. The predicted molar refractivity (Wildman–Crippen MR) is 71.5 cm³/mol. The van der Waals surface area contributed by atoms with E-state index in [-0.39, 0.29) is 28.3 Å². The molecule has 1 saturated carbocycles. The van der Waals surface area contributed by atoms with E-state index in [0.29, 0.717) is 0 Å². The summed E-state index contributed by atoms with van der Waals surface area (Å²) < 4.78 is 34.0. The number of rotatable bonds is 3. The number of benzene rings is 1. The van der Waals surface area contributed by atoms with Crippen molar-refractivity contribution < 1.29 is 18.3 Å². The molecule has 2 aromatic rings. The van der Waals surface area contributed by atoms with Crippen LogP contribution in [-0.2, 0) is 0 Å². The lowest BCUT2D eigenvalue weighted by Gasteiger charge is -2.15. The van der Waals surface area contributed by atoms with Gasteiger partial charge in [-0.1, -0.05) is 0 Å². The molecule has 1 fully saturated rings. The molecule has 1 aliphatic rings. The van der Waals surface area contributed by atoms with Crippen LogP contribution in [-0.4, -0.2) is 17.6 Å². The van der Waals surface area contributed by atoms with E-state index in [1.54, 1.807) is 4.57 Å². The maximum Gasteiger partial charge on any atom is 0.254 e. The maximum absolute atomic E-state index is 13.9. The second kappa shape index (κ2) is 4.54. The summed E-state index contributed by atoms with van der Waals surface area (Å²) in [6.07, 6.45) is 2.93. The van der Waals surface area contributed by atoms with Crippen LogP contribution < -0.4 is 15.9 Å². The van der Waals surface area contributed by atoms with E-state index in [9.17, 15) is 18.4 Å². The van der Waals surface area contributed by atoms with E-state index in [2.05, 4.69) is 0 Å². The Hall–Kier alpha value is -2.44. The van der Waals surface area contributed by atoms with Crippen molar-refractivity contribution in [3.63, 3.8) is 0 Å². The molecule has 0 spiro atoms. The van der Waals surface area contributed by atoms with Gasteiger partial charge in [-0.3, -0.25) is 9.59 Å². The van der Waals surface area contributed by atoms with Gasteiger partial charge in [0.2, 0.25) is 11.2 Å². The van der Waals surface area contributed by atoms with Crippen LogP contribution in [0.3, 0.4) is 0 Å². The molecular formula is C14H12F2N2O3. The lowest BCUT2D eigenvalue weighted by molar-refractivity contribution is 0.0998. The van der Waals surface area contributed by atoms with Gasteiger partial charge in [0, 0.05) is 12.2 Å². The molecule has 5 nitrogen and oxygen atoms in total. The van der Waals surface area contributed by atoms with E-state index in [0.717, 1.165) is 18.9 Å². The van der Waals surface area contributed by atoms with Gasteiger partial charge in [0.25, 0.3) is 5.91 Å². The molecule has 1 aromatic heterocycles. The fourth-order valence-corrected chi connectivity index (χ4v) is 2.43. The molecule has 0 saturated heterocycles. The van der Waals surface area contributed by atoms with Gasteiger partial charge in [-0.25, -0.2) is 4.39 Å². The number of primary amides is 1. The second-order valence-corrected chi connectivity index (χ2v) is 4.98. The number of fused-ring (bicyclic) bond motifs is 1. The minimum Gasteiger partial charge on any atom is -0.491 e. The average Bonchev–Trinajstić information content (AvgIpc) is 3.26. The largest absolute Gasteiger partial charge is 0.491 e. The van der Waals surface area contributed by atoms with E-state index in [1.807, 2.05) is 0 Å². The smallest absolute Gasteiger partial charge is 0.254 e. The highest BCUT2D eigenvalue weighted by molar-refractivity contribution is 5.97. The van der Waals surface area contributed by atoms with Crippen molar-refractivity contribution in [3.05, 3.63) is 39.7 Å². The van der Waals surface area contributed by atoms with Crippen LogP contribution >= 0.6 is 0 Å². The van der Waals surface area contributed by atoms with Crippen LogP contribution in [0.25, 0.3) is 10.9 Å². The molecule has 0 radical (unpaired) electrons. The molecule has 1 heterocycles. The monoisotopic (exact) mass is 294 g/mol. The molecule has 0 atom stereocenters. The Morgan fingerprint density at radius 1 is 1.43 bits per heavy atom. The average molecular weight is 294 g/mol. The summed E-state index contributed by atoms with van der Waals surface area (Å²) in [5, 5.41) is -0.117. The first-order chi connectivity index (χ1) is 9.95. The van der Waals surface area contributed by atoms with Gasteiger partial charge in [-0.05, 0) is 18.9 Å². The third kappa shape index (κ3) is 1.96. The molecule has 110 valence electrons. The Labute approximate surface area is 117 Å². The zero-order valence-electron chi connectivity index (χ0n) is 11.2. The van der Waals surface area contributed by atoms with Crippen LogP contribution in [0.1, 0.15) is 29.2 Å². The number of nitrogens with zero attached hydrogens (tertiary/aromatic N) is 1. The van der Waals surface area contributed by atoms with Gasteiger partial charge in [0.1, 0.15) is 5.56 Å². The molecule has 0 bridgehead atoms. The normalized spacial score (nSPS) is 14.4. The van der Waals surface area contributed by atoms with Gasteiger partial charge in [0.15, 0.2) is 11.6 Å². The first-order valence-electron chi connectivity index (χ1n) is 6.36. The Balaban J connectivity index is 2.52. The summed E-state index contributed by atoms with van der Waals surface area (Å²) >= 11 is 0. The van der Waals surface area contributed by atoms with Crippen molar-refractivity contribution in [3.8, 4) is 5.75 Å². The van der Waals surface area contributed by atoms with Crippen LogP contribution in [0.4, 0.5) is 8.78 Å². The fourth-order valence-electron chi connectivity index (χ4n) is 2.43. The van der Waals surface area contributed by atoms with Crippen molar-refractivity contribution in [2.24, 2.45) is 5.73 Å². The lowest BCUT2D eigenvalue weighted by Crippen LogP contribution is -2.24. The first-order valence-corrected chi connectivity index (χ1v) is 6.36. The number of methoxy groups -OCH3 is 1. The number of carbonyl (C=O) groups is 1. The number of ether oxygens (including phenoxy) is 1. The summed E-state index contributed by atoms with van der Waals surface area (Å²) in [5.74, 6) is -3.61. The van der Waals surface area contributed by atoms with Gasteiger partial charge in [0.05, 0.1) is 18.0 Å². The number of hydrogen-bond donors (Lipinski definition) is 1. The second-order valence-electron chi connectivity index (χ2n) is 4.98. The number of pyridine rings is 1. The summed E-state index contributed by atoms with van der Waals surface area (Å²) in [6, 6.07) is 0.797. The molecule has 0 unspecified atom stereocenters. The highest BCUT2D eigenvalue weighted by Gasteiger charge is 2.29. The molecule has 3 rings (SSSR count). The van der Waals surface area contributed by atoms with Crippen LogP contribution in [0.15, 0.2) is 17.1 Å². The zero-order valence-corrected chi connectivity index (χ0v) is 11.2. The molecule has 0 aliphatic heterocycles. The van der Waals surface area contributed by atoms with Crippen LogP contribution in [0.5, 0.6) is 5.75 Å². The predicted octanol–water partition coefficient (Wildman–Crippen LogP) is 1.72. The third-order valence-electron chi connectivity index (χ3n) is 3.58. The van der Waals surface area contributed by atoms with Crippen molar-refractivity contribution >= 4 is 16.8 Å². The Morgan fingerprint density at radius 2 is 2.10 bits per heavy atom. The van der Waals surface area contributed by atoms with Gasteiger partial charge in [-0.15, -0.1) is 0 Å². The van der Waals surface area contributed by atoms with Crippen molar-refractivity contribution in [1.29, 1.82) is 0 Å². The molecule has 21 heavy (non-hydrogen) atoms. The summed E-state index contributed by atoms with van der Waals surface area (Å²) in [6.45, 7) is 0.